The summed E-state index contributed by atoms with van der Waals surface area (Å²) in [6, 6.07) is 21.0. The molecule has 0 N–H and O–H groups in total. The molecule has 35 heavy (non-hydrogen) atoms. The molecule has 0 atom stereocenters. The number of benzene rings is 3. The van der Waals surface area contributed by atoms with Gasteiger partial charge in [-0.25, -0.2) is 0 Å². The maximum absolute atomic E-state index is 13.0. The number of rotatable bonds is 7. The van der Waals surface area contributed by atoms with Crippen molar-refractivity contribution in [3.63, 3.8) is 0 Å². The summed E-state index contributed by atoms with van der Waals surface area (Å²) < 4.78 is 24.2. The van der Waals surface area contributed by atoms with Gasteiger partial charge in [0, 0.05) is 11.1 Å². The second-order valence-corrected chi connectivity index (χ2v) is 8.96. The Morgan fingerprint density at radius 1 is 0.829 bits per heavy atom. The molecular formula is C26H21N3O5S. The molecule has 3 aromatic carbocycles. The van der Waals surface area contributed by atoms with Gasteiger partial charge in [0.1, 0.15) is 13.2 Å². The molecule has 0 fully saturated rings. The van der Waals surface area contributed by atoms with E-state index in [0.717, 1.165) is 28.5 Å². The maximum atomic E-state index is 13.0. The number of hydrogen-bond donors (Lipinski definition) is 0. The minimum Gasteiger partial charge on any atom is -0.486 e. The molecule has 176 valence electrons. The zero-order valence-electron chi connectivity index (χ0n) is 18.7. The van der Waals surface area contributed by atoms with Crippen LogP contribution in [-0.4, -0.2) is 46.3 Å². The number of ketones is 1. The van der Waals surface area contributed by atoms with Gasteiger partial charge in [0.15, 0.2) is 39.8 Å². The lowest BCUT2D eigenvalue weighted by molar-refractivity contribution is 0.102. The van der Waals surface area contributed by atoms with Gasteiger partial charge in [-0.15, -0.1) is 10.2 Å². The summed E-state index contributed by atoms with van der Waals surface area (Å²) >= 11 is 1.36. The molecule has 0 spiro atoms. The maximum Gasteiger partial charge on any atom is 0.231 e. The molecule has 9 heteroatoms. The van der Waals surface area contributed by atoms with Gasteiger partial charge in [-0.3, -0.25) is 9.36 Å². The number of thioether (sulfide) groups is 1. The smallest absolute Gasteiger partial charge is 0.231 e. The van der Waals surface area contributed by atoms with E-state index in [0.29, 0.717) is 42.0 Å². The van der Waals surface area contributed by atoms with Gasteiger partial charge in [-0.05, 0) is 35.9 Å². The van der Waals surface area contributed by atoms with Crippen molar-refractivity contribution >= 4 is 17.5 Å². The van der Waals surface area contributed by atoms with Crippen LogP contribution < -0.4 is 18.9 Å². The highest BCUT2D eigenvalue weighted by molar-refractivity contribution is 7.99. The third-order valence-electron chi connectivity index (χ3n) is 5.72. The third-order valence-corrected chi connectivity index (χ3v) is 6.69. The van der Waals surface area contributed by atoms with Crippen LogP contribution in [0.25, 0.3) is 11.4 Å². The van der Waals surface area contributed by atoms with Crippen LogP contribution in [0.1, 0.15) is 15.9 Å². The number of Topliss-reactive ketones (excluding diaryl/α,β-unsaturated/α-hetero) is 1. The fraction of sp³-hybridized carbons (Fsp3) is 0.192. The summed E-state index contributed by atoms with van der Waals surface area (Å²) in [4.78, 5) is 13.0. The topological polar surface area (TPSA) is 84.7 Å². The van der Waals surface area contributed by atoms with E-state index >= 15 is 0 Å². The van der Waals surface area contributed by atoms with Crippen molar-refractivity contribution < 1.29 is 23.7 Å². The molecule has 2 aliphatic rings. The van der Waals surface area contributed by atoms with E-state index in [-0.39, 0.29) is 18.3 Å². The van der Waals surface area contributed by atoms with Crippen molar-refractivity contribution in [1.82, 2.24) is 14.8 Å². The number of aromatic nitrogens is 3. The lowest BCUT2D eigenvalue weighted by Crippen LogP contribution is -2.16. The number of hydrogen-bond acceptors (Lipinski definition) is 8. The first-order valence-electron chi connectivity index (χ1n) is 11.2. The zero-order chi connectivity index (χ0) is 23.6. The number of nitrogens with zero attached hydrogens (tertiary/aromatic N) is 3. The van der Waals surface area contributed by atoms with Gasteiger partial charge in [-0.2, -0.15) is 0 Å². The minimum absolute atomic E-state index is 0.0223. The van der Waals surface area contributed by atoms with Crippen LogP contribution in [0.2, 0.25) is 0 Å². The summed E-state index contributed by atoms with van der Waals surface area (Å²) in [5, 5.41) is 9.53. The highest BCUT2D eigenvalue weighted by Gasteiger charge is 2.20. The van der Waals surface area contributed by atoms with Crippen LogP contribution in [0.5, 0.6) is 23.0 Å². The highest BCUT2D eigenvalue weighted by Crippen LogP contribution is 2.34. The van der Waals surface area contributed by atoms with Crippen molar-refractivity contribution in [2.75, 3.05) is 25.8 Å². The molecule has 0 radical (unpaired) electrons. The molecule has 0 saturated heterocycles. The van der Waals surface area contributed by atoms with Crippen molar-refractivity contribution in [2.45, 2.75) is 11.7 Å². The molecule has 0 amide bonds. The fourth-order valence-corrected chi connectivity index (χ4v) is 4.82. The van der Waals surface area contributed by atoms with E-state index in [1.807, 2.05) is 53.1 Å². The number of fused-ring (bicyclic) bond motifs is 2. The normalized spacial score (nSPS) is 13.6. The molecular weight excluding hydrogens is 466 g/mol. The molecule has 1 aromatic heterocycles. The van der Waals surface area contributed by atoms with Crippen molar-refractivity contribution in [3.8, 4) is 34.4 Å². The van der Waals surface area contributed by atoms with Gasteiger partial charge in [0.25, 0.3) is 0 Å². The molecule has 2 aliphatic heterocycles. The SMILES string of the molecule is O=C(CSc1nnc(-c2ccccc2)n1Cc1ccc2c(c1)OCO2)c1ccc2c(c1)OCCO2. The van der Waals surface area contributed by atoms with Crippen molar-refractivity contribution in [2.24, 2.45) is 0 Å². The molecule has 0 aliphatic carbocycles. The summed E-state index contributed by atoms with van der Waals surface area (Å²) in [7, 11) is 0. The first kappa shape index (κ1) is 21.5. The van der Waals surface area contributed by atoms with Crippen LogP contribution in [-0.2, 0) is 6.54 Å². The quantitative estimate of drug-likeness (QED) is 0.279. The van der Waals surface area contributed by atoms with E-state index in [4.69, 9.17) is 18.9 Å². The van der Waals surface area contributed by atoms with Gasteiger partial charge in [-0.1, -0.05) is 48.2 Å². The molecule has 3 heterocycles. The van der Waals surface area contributed by atoms with Crippen LogP contribution in [0, 0.1) is 0 Å². The van der Waals surface area contributed by atoms with E-state index in [1.54, 1.807) is 18.2 Å². The first-order valence-corrected chi connectivity index (χ1v) is 12.2. The average molecular weight is 488 g/mol. The van der Waals surface area contributed by atoms with Gasteiger partial charge in [0.05, 0.1) is 12.3 Å². The van der Waals surface area contributed by atoms with E-state index < -0.39 is 0 Å². The monoisotopic (exact) mass is 487 g/mol. The first-order chi connectivity index (χ1) is 17.2. The molecule has 8 nitrogen and oxygen atoms in total. The Morgan fingerprint density at radius 2 is 1.57 bits per heavy atom. The Morgan fingerprint density at radius 3 is 2.46 bits per heavy atom. The zero-order valence-corrected chi connectivity index (χ0v) is 19.5. The second kappa shape index (κ2) is 9.34. The highest BCUT2D eigenvalue weighted by atomic mass is 32.2. The van der Waals surface area contributed by atoms with Crippen molar-refractivity contribution in [1.29, 1.82) is 0 Å². The van der Waals surface area contributed by atoms with Gasteiger partial charge >= 0.3 is 0 Å². The van der Waals surface area contributed by atoms with Crippen LogP contribution in [0.4, 0.5) is 0 Å². The average Bonchev–Trinajstić information content (AvgIpc) is 3.54. The summed E-state index contributed by atoms with van der Waals surface area (Å²) in [5.74, 6) is 3.65. The Kier molecular flexibility index (Phi) is 5.75. The summed E-state index contributed by atoms with van der Waals surface area (Å²) in [5.41, 5.74) is 2.55. The van der Waals surface area contributed by atoms with E-state index in [1.165, 1.54) is 11.8 Å². The third kappa shape index (κ3) is 4.42. The second-order valence-electron chi connectivity index (χ2n) is 8.02. The summed E-state index contributed by atoms with van der Waals surface area (Å²) in [6.45, 7) is 1.74. The minimum atomic E-state index is -0.0223. The van der Waals surface area contributed by atoms with E-state index in [2.05, 4.69) is 10.2 Å². The van der Waals surface area contributed by atoms with Crippen LogP contribution in [0.15, 0.2) is 71.9 Å². The lowest BCUT2D eigenvalue weighted by atomic mass is 10.1. The van der Waals surface area contributed by atoms with Crippen LogP contribution in [0.3, 0.4) is 0 Å². The van der Waals surface area contributed by atoms with Crippen molar-refractivity contribution in [3.05, 3.63) is 77.9 Å². The van der Waals surface area contributed by atoms with Crippen LogP contribution >= 0.6 is 11.8 Å². The Labute approximate surface area is 205 Å². The Hall–Kier alpha value is -3.98. The molecule has 4 aromatic rings. The molecule has 0 unspecified atom stereocenters. The number of carbonyl (C=O) groups excluding carboxylic acids is 1. The molecule has 6 rings (SSSR count). The number of ether oxygens (including phenoxy) is 4. The predicted molar refractivity (Wildman–Crippen MR) is 130 cm³/mol. The fourth-order valence-electron chi connectivity index (χ4n) is 3.99. The molecule has 0 bridgehead atoms. The van der Waals surface area contributed by atoms with E-state index in [9.17, 15) is 4.79 Å². The Bertz CT molecular complexity index is 1390. The Balaban J connectivity index is 1.26. The standard InChI is InChI=1S/C26H21N3O5S/c30-20(19-7-9-21-24(13-19)32-11-10-31-21)15-35-26-28-27-25(18-4-2-1-3-5-18)29(26)14-17-6-8-22-23(12-17)34-16-33-22/h1-9,12-13H,10-11,14-16H2. The molecule has 0 saturated carbocycles. The van der Waals surface area contributed by atoms with Gasteiger partial charge < -0.3 is 18.9 Å². The number of carbonyl (C=O) groups is 1. The lowest BCUT2D eigenvalue weighted by Gasteiger charge is -2.18. The largest absolute Gasteiger partial charge is 0.486 e. The summed E-state index contributed by atoms with van der Waals surface area (Å²) in [6.07, 6.45) is 0. The predicted octanol–water partition coefficient (Wildman–Crippen LogP) is 4.47. The van der Waals surface area contributed by atoms with Gasteiger partial charge in [0.2, 0.25) is 6.79 Å².